The molecule has 232 valence electrons. The van der Waals surface area contributed by atoms with Gasteiger partial charge in [0.05, 0.1) is 48.3 Å². The Morgan fingerprint density at radius 1 is 0.978 bits per heavy atom. The lowest BCUT2D eigenvalue weighted by atomic mass is 10.2. The van der Waals surface area contributed by atoms with Crippen molar-refractivity contribution in [2.45, 2.75) is 18.7 Å². The lowest BCUT2D eigenvalue weighted by Gasteiger charge is -2.12. The van der Waals surface area contributed by atoms with Crippen LogP contribution in [0.4, 0.5) is 21.6 Å². The van der Waals surface area contributed by atoms with Crippen molar-refractivity contribution in [2.75, 3.05) is 16.4 Å². The number of hydrogen-bond donors (Lipinski definition) is 2. The zero-order valence-electron chi connectivity index (χ0n) is 23.7. The van der Waals surface area contributed by atoms with E-state index in [0.717, 1.165) is 21.6 Å². The molecule has 0 radical (unpaired) electrons. The van der Waals surface area contributed by atoms with Crippen molar-refractivity contribution in [1.82, 2.24) is 24.9 Å². The predicted molar refractivity (Wildman–Crippen MR) is 182 cm³/mol. The summed E-state index contributed by atoms with van der Waals surface area (Å²) in [7, 11) is 0. The summed E-state index contributed by atoms with van der Waals surface area (Å²) in [6, 6.07) is 16.7. The van der Waals surface area contributed by atoms with Crippen LogP contribution in [0.2, 0.25) is 15.1 Å². The van der Waals surface area contributed by atoms with Gasteiger partial charge in [-0.05, 0) is 55.5 Å². The van der Waals surface area contributed by atoms with Crippen molar-refractivity contribution in [2.24, 2.45) is 0 Å². The molecule has 0 spiro atoms. The molecule has 0 aliphatic carbocycles. The van der Waals surface area contributed by atoms with Gasteiger partial charge in [0.2, 0.25) is 5.91 Å². The van der Waals surface area contributed by atoms with Crippen molar-refractivity contribution in [3.63, 3.8) is 0 Å². The molecule has 3 aromatic heterocycles. The number of aryl methyl sites for hydroxylation is 1. The third-order valence-electron chi connectivity index (χ3n) is 6.41. The van der Waals surface area contributed by atoms with Gasteiger partial charge >= 0.3 is 0 Å². The zero-order chi connectivity index (χ0) is 32.2. The average molecular weight is 713 g/mol. The predicted octanol–water partition coefficient (Wildman–Crippen LogP) is 9.00. The summed E-state index contributed by atoms with van der Waals surface area (Å²) in [4.78, 5) is 35.9. The van der Waals surface area contributed by atoms with Crippen LogP contribution >= 0.6 is 57.9 Å². The number of carbonyl (C=O) groups excluding carboxylic acids is 1. The average Bonchev–Trinajstić information content (AvgIpc) is 3.43. The van der Waals surface area contributed by atoms with Crippen LogP contribution in [0, 0.1) is 12.7 Å². The van der Waals surface area contributed by atoms with Crippen LogP contribution < -0.4 is 15.4 Å². The van der Waals surface area contributed by atoms with Crippen LogP contribution in [0.25, 0.3) is 21.5 Å². The molecule has 1 amide bonds. The number of benzene rings is 3. The van der Waals surface area contributed by atoms with E-state index in [1.54, 1.807) is 42.6 Å². The fourth-order valence-corrected chi connectivity index (χ4v) is 6.38. The molecule has 0 fully saturated rings. The molecule has 2 N–H and O–H groups in total. The highest BCUT2D eigenvalue weighted by Crippen LogP contribution is 2.33. The van der Waals surface area contributed by atoms with Crippen LogP contribution in [-0.2, 0) is 11.4 Å². The Hall–Kier alpha value is -4.07. The number of amides is 1. The number of para-hydroxylation sites is 1. The third-order valence-corrected chi connectivity index (χ3v) is 9.46. The Morgan fingerprint density at radius 2 is 1.80 bits per heavy atom. The van der Waals surface area contributed by atoms with E-state index in [1.165, 1.54) is 35.5 Å². The van der Waals surface area contributed by atoms with Crippen LogP contribution in [0.5, 0.6) is 5.75 Å². The fourth-order valence-electron chi connectivity index (χ4n) is 4.30. The first-order chi connectivity index (χ1) is 22.2. The van der Waals surface area contributed by atoms with Gasteiger partial charge in [0.15, 0.2) is 5.16 Å². The first-order valence-corrected chi connectivity index (χ1v) is 16.4. The molecule has 0 saturated carbocycles. The van der Waals surface area contributed by atoms with Gasteiger partial charge in [0.25, 0.3) is 0 Å². The highest BCUT2D eigenvalue weighted by molar-refractivity contribution is 7.99. The van der Waals surface area contributed by atoms with Crippen LogP contribution in [0.1, 0.15) is 10.7 Å². The van der Waals surface area contributed by atoms with E-state index in [4.69, 9.17) is 39.5 Å². The zero-order valence-corrected chi connectivity index (χ0v) is 27.6. The van der Waals surface area contributed by atoms with E-state index in [2.05, 4.69) is 35.6 Å². The summed E-state index contributed by atoms with van der Waals surface area (Å²) in [6.07, 6.45) is 3.00. The molecule has 6 aromatic rings. The van der Waals surface area contributed by atoms with Crippen molar-refractivity contribution in [3.05, 3.63) is 105 Å². The summed E-state index contributed by atoms with van der Waals surface area (Å²) in [6.45, 7) is 2.18. The molecule has 9 nitrogen and oxygen atoms in total. The van der Waals surface area contributed by atoms with Crippen molar-refractivity contribution in [3.8, 4) is 16.3 Å². The first-order valence-electron chi connectivity index (χ1n) is 13.5. The fraction of sp³-hybridized carbons (Fsp3) is 0.0968. The van der Waals surface area contributed by atoms with E-state index >= 15 is 0 Å². The highest BCUT2D eigenvalue weighted by Gasteiger charge is 2.15. The van der Waals surface area contributed by atoms with Gasteiger partial charge in [-0.2, -0.15) is 0 Å². The number of nitrogens with one attached hydrogen (secondary N) is 2. The quantitative estimate of drug-likeness (QED) is 0.0816. The maximum Gasteiger partial charge on any atom is 0.234 e. The molecular weight excluding hydrogens is 692 g/mol. The molecule has 0 unspecified atom stereocenters. The number of nitrogens with zero attached hydrogens (tertiary/aromatic N) is 5. The normalized spacial score (nSPS) is 11.1. The number of aromatic nitrogens is 5. The minimum Gasteiger partial charge on any atom is -0.485 e. The lowest BCUT2D eigenvalue weighted by molar-refractivity contribution is -0.113. The second kappa shape index (κ2) is 14.1. The summed E-state index contributed by atoms with van der Waals surface area (Å²) in [5.74, 6) is 0.112. The van der Waals surface area contributed by atoms with Gasteiger partial charge < -0.3 is 15.4 Å². The van der Waals surface area contributed by atoms with Crippen LogP contribution in [0.15, 0.2) is 78.3 Å². The largest absolute Gasteiger partial charge is 0.485 e. The summed E-state index contributed by atoms with van der Waals surface area (Å²) < 4.78 is 20.3. The second-order valence-corrected chi connectivity index (χ2v) is 12.9. The molecule has 15 heteroatoms. The Balaban J connectivity index is 1.10. The number of ether oxygens (including phenoxy) is 1. The van der Waals surface area contributed by atoms with Gasteiger partial charge in [0, 0.05) is 17.3 Å². The monoisotopic (exact) mass is 711 g/mol. The molecule has 6 rings (SSSR count). The number of anilines is 3. The number of carbonyl (C=O) groups is 1. The van der Waals surface area contributed by atoms with Crippen molar-refractivity contribution in [1.29, 1.82) is 0 Å². The Morgan fingerprint density at radius 3 is 2.65 bits per heavy atom. The van der Waals surface area contributed by atoms with Crippen LogP contribution in [-0.4, -0.2) is 36.6 Å². The summed E-state index contributed by atoms with van der Waals surface area (Å²) in [5.41, 5.74) is 2.70. The number of fused-ring (bicyclic) bond motifs is 1. The van der Waals surface area contributed by atoms with E-state index in [-0.39, 0.29) is 34.0 Å². The molecule has 0 atom stereocenters. The third kappa shape index (κ3) is 7.48. The highest BCUT2D eigenvalue weighted by atomic mass is 35.5. The molecule has 0 bridgehead atoms. The summed E-state index contributed by atoms with van der Waals surface area (Å²) in [5, 5.41) is 8.41. The molecule has 0 saturated heterocycles. The molecular formula is C31H21Cl3FN7O2S2. The molecule has 3 heterocycles. The van der Waals surface area contributed by atoms with Gasteiger partial charge in [-0.15, -0.1) is 11.3 Å². The van der Waals surface area contributed by atoms with Gasteiger partial charge in [-0.25, -0.2) is 29.3 Å². The Bertz CT molecular complexity index is 2080. The lowest BCUT2D eigenvalue weighted by Crippen LogP contribution is -2.14. The molecule has 0 aliphatic rings. The minimum atomic E-state index is -0.595. The van der Waals surface area contributed by atoms with Gasteiger partial charge in [-0.1, -0.05) is 58.7 Å². The Labute approximate surface area is 285 Å². The van der Waals surface area contributed by atoms with Gasteiger partial charge in [0.1, 0.15) is 35.3 Å². The SMILES string of the molecule is Cc1nc(COc2ccccc2Cl)sc1-c1ccnc(SCC(=O)Nc2ccc3ncnc(Nc4cc(Cl)c(Cl)cc4F)c3c2)n1. The van der Waals surface area contributed by atoms with E-state index in [1.807, 2.05) is 19.1 Å². The topological polar surface area (TPSA) is 115 Å². The first kappa shape index (κ1) is 31.9. The van der Waals surface area contributed by atoms with E-state index in [9.17, 15) is 9.18 Å². The van der Waals surface area contributed by atoms with E-state index < -0.39 is 5.82 Å². The number of halogens is 4. The maximum absolute atomic E-state index is 14.5. The minimum absolute atomic E-state index is 0.0605. The molecule has 0 aliphatic heterocycles. The second-order valence-electron chi connectivity index (χ2n) is 9.63. The maximum atomic E-state index is 14.5. The van der Waals surface area contributed by atoms with Crippen molar-refractivity contribution < 1.29 is 13.9 Å². The number of thiazole rings is 1. The number of rotatable bonds is 10. The number of hydrogen-bond acceptors (Lipinski definition) is 10. The number of thioether (sulfide) groups is 1. The summed E-state index contributed by atoms with van der Waals surface area (Å²) >= 11 is 20.8. The Kier molecular flexibility index (Phi) is 9.81. The van der Waals surface area contributed by atoms with Crippen molar-refractivity contribution >= 4 is 91.9 Å². The smallest absolute Gasteiger partial charge is 0.234 e. The standard InChI is InChI=1S/C31H21Cl3FN7O2S2/c1-16-29(46-28(39-16)13-44-26-5-3-2-4-19(26)32)24-8-9-36-31(42-24)45-14-27(43)40-17-6-7-23-18(10-17)30(38-15-37-23)41-25-12-21(34)20(33)11-22(25)35/h2-12,15H,13-14H2,1H3,(H,40,43)(H,37,38,41). The molecule has 46 heavy (non-hydrogen) atoms. The van der Waals surface area contributed by atoms with E-state index in [0.29, 0.717) is 44.0 Å². The van der Waals surface area contributed by atoms with Gasteiger partial charge in [-0.3, -0.25) is 4.79 Å². The molecule has 3 aromatic carbocycles. The van der Waals surface area contributed by atoms with Crippen LogP contribution in [0.3, 0.4) is 0 Å².